The number of likely N-dealkylation sites (tertiary alicyclic amines) is 1. The van der Waals surface area contributed by atoms with Gasteiger partial charge in [-0.3, -0.25) is 34.3 Å². The second kappa shape index (κ2) is 17.7. The number of piperidine rings is 2. The molecule has 1 aromatic heterocycles. The lowest BCUT2D eigenvalue weighted by molar-refractivity contribution is -0.136. The Morgan fingerprint density at radius 2 is 1.48 bits per heavy atom. The van der Waals surface area contributed by atoms with Crippen LogP contribution in [0.3, 0.4) is 0 Å². The van der Waals surface area contributed by atoms with Crippen molar-refractivity contribution < 1.29 is 23.9 Å². The van der Waals surface area contributed by atoms with Gasteiger partial charge in [0.2, 0.25) is 17.8 Å². The van der Waals surface area contributed by atoms with Crippen LogP contribution in [0, 0.1) is 12.0 Å². The minimum Gasteiger partial charge on any atom is -0.487 e. The molecule has 66 heavy (non-hydrogen) atoms. The minimum absolute atomic E-state index is 0.106. The van der Waals surface area contributed by atoms with Crippen LogP contribution in [0.4, 0.5) is 17.3 Å². The summed E-state index contributed by atoms with van der Waals surface area (Å²) >= 11 is 6.33. The average Bonchev–Trinajstić information content (AvgIpc) is 3.57. The Hall–Kier alpha value is -5.88. The number of hydrogen-bond donors (Lipinski definition) is 1. The molecule has 4 aromatic rings. The molecule has 1 unspecified atom stereocenters. The van der Waals surface area contributed by atoms with Crippen LogP contribution in [0.15, 0.2) is 72.9 Å². The van der Waals surface area contributed by atoms with Crippen molar-refractivity contribution in [1.29, 1.82) is 0 Å². The molecular weight excluding hydrogens is 854 g/mol. The number of anilines is 2. The first-order valence-corrected chi connectivity index (χ1v) is 23.8. The number of hydrogen-bond acceptors (Lipinski definition) is 11. The van der Waals surface area contributed by atoms with E-state index in [0.717, 1.165) is 91.5 Å². The second-order valence-electron chi connectivity index (χ2n) is 19.7. The van der Waals surface area contributed by atoms with E-state index in [4.69, 9.17) is 27.9 Å². The molecule has 1 atom stereocenters. The maximum Gasteiger partial charge on any atom is 0.262 e. The van der Waals surface area contributed by atoms with E-state index >= 15 is 0 Å². The van der Waals surface area contributed by atoms with Crippen molar-refractivity contribution >= 4 is 52.6 Å². The van der Waals surface area contributed by atoms with E-state index in [2.05, 4.69) is 60.7 Å². The van der Waals surface area contributed by atoms with Crippen LogP contribution in [-0.2, 0) is 21.6 Å². The molecule has 5 aliphatic heterocycles. The summed E-state index contributed by atoms with van der Waals surface area (Å²) in [5.74, 6) is -0.375. The first kappa shape index (κ1) is 44.0. The molecule has 0 radical (unpaired) electrons. The number of benzene rings is 3. The van der Waals surface area contributed by atoms with Gasteiger partial charge in [-0.1, -0.05) is 43.6 Å². The van der Waals surface area contributed by atoms with Crippen molar-refractivity contribution in [3.63, 3.8) is 0 Å². The number of imide groups is 2. The molecule has 1 aliphatic carbocycles. The maximum atomic E-state index is 13.4. The van der Waals surface area contributed by atoms with Crippen molar-refractivity contribution in [3.05, 3.63) is 117 Å². The molecule has 3 aromatic carbocycles. The van der Waals surface area contributed by atoms with Gasteiger partial charge in [-0.05, 0) is 118 Å². The predicted octanol–water partition coefficient (Wildman–Crippen LogP) is 7.02. The predicted molar refractivity (Wildman–Crippen MR) is 251 cm³/mol. The second-order valence-corrected chi connectivity index (χ2v) is 20.1. The molecule has 342 valence electrons. The summed E-state index contributed by atoms with van der Waals surface area (Å²) in [6.45, 7) is 20.0. The van der Waals surface area contributed by atoms with E-state index in [-0.39, 0.29) is 29.6 Å². The number of fused-ring (bicyclic) bond motifs is 1. The number of piperazine rings is 1. The molecule has 6 heterocycles. The molecular formula is C51H56ClN9O5. The number of carbonyl (C=O) groups excluding carboxylic acids is 4. The maximum absolute atomic E-state index is 13.4. The van der Waals surface area contributed by atoms with Gasteiger partial charge in [0, 0.05) is 85.5 Å². The molecule has 14 nitrogen and oxygen atoms in total. The zero-order valence-electron chi connectivity index (χ0n) is 37.7. The quantitative estimate of drug-likeness (QED) is 0.130. The lowest BCUT2D eigenvalue weighted by atomic mass is 9.67. The monoisotopic (exact) mass is 909 g/mol. The van der Waals surface area contributed by atoms with Crippen LogP contribution >= 0.6 is 11.6 Å². The van der Waals surface area contributed by atoms with E-state index in [1.807, 2.05) is 48.7 Å². The van der Waals surface area contributed by atoms with Crippen LogP contribution < -0.4 is 19.9 Å². The Bertz CT molecular complexity index is 2580. The highest BCUT2D eigenvalue weighted by atomic mass is 35.5. The summed E-state index contributed by atoms with van der Waals surface area (Å²) in [5.41, 5.74) is 5.02. The van der Waals surface area contributed by atoms with Crippen LogP contribution in [0.25, 0.3) is 4.85 Å². The topological polar surface area (TPSA) is 136 Å². The standard InChI is InChI=1S/C51H56ClN9O5/c1-50(2,34-26-35(52)28-37(27-34)53-3)33-4-7-41(8-5-33)66-30-36-14-19-54-49(55-36)59-24-22-58(23-25-59)39-15-20-57(21-16-39)38-12-17-51(18-13-38)31-60(32-51)40-6-9-42-43(29-40)48(65)61(47(42)64)44-10-11-45(62)56-46(44)63/h4-9,14,19,26-29,38-39,44H,10-13,15-18,20-25,30-32H2,1-2H3,(H,56,62,63). The SMILES string of the molecule is [C-]#[N+]c1cc(Cl)cc(C(C)(C)c2ccc(OCc3ccnc(N4CCN(C5CCN(C6CCC7(CC6)CN(c6ccc8c(c6)C(=O)N(C6CCC(=O)NC6=O)C8=O)C7)CC5)CC4)n3)cc2)c1. The average molecular weight is 911 g/mol. The van der Waals surface area contributed by atoms with Crippen molar-refractivity contribution in [2.24, 2.45) is 5.41 Å². The molecule has 1 saturated carbocycles. The number of halogens is 1. The summed E-state index contributed by atoms with van der Waals surface area (Å²) < 4.78 is 6.17. The number of ether oxygens (including phenoxy) is 1. The lowest BCUT2D eigenvalue weighted by Gasteiger charge is -2.56. The Labute approximate surface area is 391 Å². The van der Waals surface area contributed by atoms with E-state index in [1.54, 1.807) is 12.1 Å². The van der Waals surface area contributed by atoms with E-state index in [1.165, 1.54) is 38.5 Å². The number of aromatic nitrogens is 2. The van der Waals surface area contributed by atoms with E-state index < -0.39 is 23.8 Å². The molecule has 5 fully saturated rings. The minimum atomic E-state index is -0.956. The summed E-state index contributed by atoms with van der Waals surface area (Å²) in [7, 11) is 0. The van der Waals surface area contributed by atoms with Crippen molar-refractivity contribution in [1.82, 2.24) is 30.0 Å². The summed E-state index contributed by atoms with van der Waals surface area (Å²) in [6, 6.07) is 21.3. The van der Waals surface area contributed by atoms with E-state index in [9.17, 15) is 19.2 Å². The summed E-state index contributed by atoms with van der Waals surface area (Å²) in [4.78, 5) is 74.9. The zero-order chi connectivity index (χ0) is 45.7. The van der Waals surface area contributed by atoms with Crippen LogP contribution in [0.5, 0.6) is 5.75 Å². The molecule has 10 rings (SSSR count). The number of rotatable bonds is 10. The third kappa shape index (κ3) is 8.53. The van der Waals surface area contributed by atoms with Gasteiger partial charge in [0.25, 0.3) is 11.8 Å². The first-order chi connectivity index (χ1) is 31.9. The van der Waals surface area contributed by atoms with Crippen molar-refractivity contribution in [3.8, 4) is 5.75 Å². The summed E-state index contributed by atoms with van der Waals surface area (Å²) in [6.07, 6.45) is 9.29. The van der Waals surface area contributed by atoms with Gasteiger partial charge in [0.1, 0.15) is 18.4 Å². The number of amides is 4. The number of carbonyl (C=O) groups is 4. The van der Waals surface area contributed by atoms with Gasteiger partial charge < -0.3 is 19.4 Å². The highest BCUT2D eigenvalue weighted by Gasteiger charge is 2.48. The molecule has 4 saturated heterocycles. The number of nitrogens with one attached hydrogen (secondary N) is 1. The van der Waals surface area contributed by atoms with E-state index in [0.29, 0.717) is 40.5 Å². The van der Waals surface area contributed by atoms with Gasteiger partial charge in [0.05, 0.1) is 23.4 Å². The van der Waals surface area contributed by atoms with Gasteiger partial charge in [0.15, 0.2) is 5.69 Å². The van der Waals surface area contributed by atoms with Gasteiger partial charge in [-0.15, -0.1) is 0 Å². The molecule has 15 heteroatoms. The molecule has 4 amide bonds. The molecule has 1 spiro atoms. The smallest absolute Gasteiger partial charge is 0.262 e. The van der Waals surface area contributed by atoms with Gasteiger partial charge >= 0.3 is 0 Å². The lowest BCUT2D eigenvalue weighted by Crippen LogP contribution is -2.60. The van der Waals surface area contributed by atoms with Gasteiger partial charge in [-0.25, -0.2) is 14.8 Å². The Balaban J connectivity index is 0.651. The fourth-order valence-electron chi connectivity index (χ4n) is 11.3. The van der Waals surface area contributed by atoms with Crippen LogP contribution in [0.1, 0.15) is 103 Å². The molecule has 0 bridgehead atoms. The Morgan fingerprint density at radius 1 is 0.788 bits per heavy atom. The Kier molecular flexibility index (Phi) is 11.8. The third-order valence-corrected chi connectivity index (χ3v) is 15.6. The van der Waals surface area contributed by atoms with Gasteiger partial charge in [-0.2, -0.15) is 0 Å². The van der Waals surface area contributed by atoms with Crippen molar-refractivity contribution in [2.75, 3.05) is 62.2 Å². The molecule has 1 N–H and O–H groups in total. The molecule has 6 aliphatic rings. The Morgan fingerprint density at radius 3 is 2.20 bits per heavy atom. The fourth-order valence-corrected chi connectivity index (χ4v) is 11.5. The normalized spacial score (nSPS) is 22.0. The first-order valence-electron chi connectivity index (χ1n) is 23.4. The van der Waals surface area contributed by atoms with Crippen molar-refractivity contribution in [2.45, 2.75) is 95.4 Å². The highest BCUT2D eigenvalue weighted by Crippen LogP contribution is 2.47. The largest absolute Gasteiger partial charge is 0.487 e. The number of nitrogens with zero attached hydrogens (tertiary/aromatic N) is 8. The zero-order valence-corrected chi connectivity index (χ0v) is 38.4. The van der Waals surface area contributed by atoms with Crippen LogP contribution in [0.2, 0.25) is 5.02 Å². The fraction of sp³-hybridized carbons (Fsp3) is 0.471. The van der Waals surface area contributed by atoms with Crippen LogP contribution in [-0.4, -0.2) is 119 Å². The third-order valence-electron chi connectivity index (χ3n) is 15.4. The summed E-state index contributed by atoms with van der Waals surface area (Å²) in [5, 5.41) is 2.83. The highest BCUT2D eigenvalue weighted by molar-refractivity contribution is 6.31.